The summed E-state index contributed by atoms with van der Waals surface area (Å²) in [7, 11) is 1.63. The van der Waals surface area contributed by atoms with Gasteiger partial charge in [-0.2, -0.15) is 0 Å². The van der Waals surface area contributed by atoms with Crippen molar-refractivity contribution in [2.75, 3.05) is 20.3 Å². The van der Waals surface area contributed by atoms with E-state index in [9.17, 15) is 9.59 Å². The quantitative estimate of drug-likeness (QED) is 0.376. The fourth-order valence-electron chi connectivity index (χ4n) is 2.84. The number of carboxylic acids is 1. The Morgan fingerprint density at radius 3 is 2.78 bits per heavy atom. The van der Waals surface area contributed by atoms with E-state index in [4.69, 9.17) is 14.6 Å². The second-order valence-corrected chi connectivity index (χ2v) is 8.45. The topological polar surface area (TPSA) is 88.4 Å². The molecular weight excluding hydrogens is 496 g/mol. The molecule has 0 saturated carbocycles. The summed E-state index contributed by atoms with van der Waals surface area (Å²) in [5, 5.41) is 9.62. The molecule has 1 heterocycles. The predicted molar refractivity (Wildman–Crippen MR) is 130 cm³/mol. The Labute approximate surface area is 198 Å². The van der Waals surface area contributed by atoms with Gasteiger partial charge in [-0.3, -0.25) is 9.69 Å². The number of ether oxygens (including phenoxy) is 2. The van der Waals surface area contributed by atoms with Gasteiger partial charge in [0.05, 0.1) is 27.2 Å². The minimum Gasteiger partial charge on any atom is -0.490 e. The van der Waals surface area contributed by atoms with Crippen LogP contribution in [0, 0.1) is 0 Å². The van der Waals surface area contributed by atoms with Crippen LogP contribution < -0.4 is 9.47 Å². The lowest BCUT2D eigenvalue weighted by atomic mass is 10.2. The maximum Gasteiger partial charge on any atom is 0.335 e. The van der Waals surface area contributed by atoms with Crippen LogP contribution in [0.4, 0.5) is 5.69 Å². The van der Waals surface area contributed by atoms with Crippen LogP contribution in [0.1, 0.15) is 22.8 Å². The number of hydrogen-bond donors (Lipinski definition) is 1. The summed E-state index contributed by atoms with van der Waals surface area (Å²) in [6.07, 6.45) is 3.40. The summed E-state index contributed by atoms with van der Waals surface area (Å²) in [4.78, 5) is 30.3. The Hall–Kier alpha value is -3.04. The highest BCUT2D eigenvalue weighted by Gasteiger charge is 2.30. The van der Waals surface area contributed by atoms with E-state index < -0.39 is 5.97 Å². The number of carboxylic acid groups (broad SMARTS) is 1. The van der Waals surface area contributed by atoms with Crippen molar-refractivity contribution in [3.63, 3.8) is 0 Å². The fourth-order valence-corrected chi connectivity index (χ4v) is 4.40. The molecule has 3 rings (SSSR count). The molecule has 0 bridgehead atoms. The molecule has 9 heteroatoms. The van der Waals surface area contributed by atoms with Crippen molar-refractivity contribution in [2.24, 2.45) is 4.99 Å². The molecule has 0 radical (unpaired) electrons. The molecule has 32 heavy (non-hydrogen) atoms. The summed E-state index contributed by atoms with van der Waals surface area (Å²) in [6.45, 7) is 6.33. The summed E-state index contributed by atoms with van der Waals surface area (Å²) in [5.41, 5.74) is 1.34. The van der Waals surface area contributed by atoms with Crippen molar-refractivity contribution in [2.45, 2.75) is 6.92 Å². The summed E-state index contributed by atoms with van der Waals surface area (Å²) in [6, 6.07) is 9.90. The zero-order valence-electron chi connectivity index (χ0n) is 17.5. The molecule has 0 aliphatic carbocycles. The summed E-state index contributed by atoms with van der Waals surface area (Å²) < 4.78 is 12.1. The third-order valence-electron chi connectivity index (χ3n) is 4.30. The third kappa shape index (κ3) is 5.41. The maximum absolute atomic E-state index is 12.8. The number of carbonyl (C=O) groups excluding carboxylic acids is 1. The van der Waals surface area contributed by atoms with E-state index in [1.807, 2.05) is 13.0 Å². The smallest absolute Gasteiger partial charge is 0.335 e. The lowest BCUT2D eigenvalue weighted by Gasteiger charge is -2.13. The summed E-state index contributed by atoms with van der Waals surface area (Å²) in [5.74, 6) is -0.118. The lowest BCUT2D eigenvalue weighted by molar-refractivity contribution is -0.121. The standard InChI is InChI=1S/C23H21BrN2O5S/c1-4-9-31-20-17(24)10-14(11-18(20)30-5-2)12-19-21(27)26(3)23(32-19)25-16-8-6-7-15(13-16)22(28)29/h4,6-8,10-13H,1,5,9H2,2-3H3,(H,28,29)/b19-12-,25-23?. The Kier molecular flexibility index (Phi) is 7.76. The predicted octanol–water partition coefficient (Wildman–Crippen LogP) is 5.34. The van der Waals surface area contributed by atoms with E-state index in [2.05, 4.69) is 27.5 Å². The maximum atomic E-state index is 12.8. The Balaban J connectivity index is 1.92. The van der Waals surface area contributed by atoms with Gasteiger partial charge in [0.2, 0.25) is 0 Å². The van der Waals surface area contributed by atoms with Crippen LogP contribution in [0.25, 0.3) is 6.08 Å². The average Bonchev–Trinajstić information content (AvgIpc) is 3.01. The first-order valence-corrected chi connectivity index (χ1v) is 11.2. The molecule has 2 aromatic rings. The molecule has 1 saturated heterocycles. The van der Waals surface area contributed by atoms with Crippen LogP contribution in [-0.4, -0.2) is 47.3 Å². The van der Waals surface area contributed by atoms with Crippen molar-refractivity contribution in [3.05, 3.63) is 69.6 Å². The molecular formula is C23H21BrN2O5S. The number of carbonyl (C=O) groups is 2. The Morgan fingerprint density at radius 1 is 1.31 bits per heavy atom. The van der Waals surface area contributed by atoms with E-state index in [-0.39, 0.29) is 11.5 Å². The van der Waals surface area contributed by atoms with Crippen LogP contribution in [0.15, 0.2) is 63.4 Å². The van der Waals surface area contributed by atoms with Gasteiger partial charge in [-0.1, -0.05) is 18.7 Å². The number of benzene rings is 2. The number of nitrogens with zero attached hydrogens (tertiary/aromatic N) is 2. The number of amidine groups is 1. The lowest BCUT2D eigenvalue weighted by Crippen LogP contribution is -2.23. The van der Waals surface area contributed by atoms with Crippen LogP contribution in [0.3, 0.4) is 0 Å². The number of likely N-dealkylation sites (N-methyl/N-ethyl adjacent to an activating group) is 1. The largest absolute Gasteiger partial charge is 0.490 e. The van der Waals surface area contributed by atoms with Gasteiger partial charge in [0.25, 0.3) is 5.91 Å². The first-order valence-electron chi connectivity index (χ1n) is 9.63. The first kappa shape index (κ1) is 23.6. The number of aromatic carboxylic acids is 1. The van der Waals surface area contributed by atoms with E-state index in [1.54, 1.807) is 37.4 Å². The zero-order valence-corrected chi connectivity index (χ0v) is 19.9. The van der Waals surface area contributed by atoms with Gasteiger partial charge in [-0.05, 0) is 76.6 Å². The van der Waals surface area contributed by atoms with Gasteiger partial charge in [-0.25, -0.2) is 9.79 Å². The van der Waals surface area contributed by atoms with Crippen molar-refractivity contribution < 1.29 is 24.2 Å². The molecule has 0 unspecified atom stereocenters. The number of hydrogen-bond acceptors (Lipinski definition) is 6. The molecule has 2 aromatic carbocycles. The van der Waals surface area contributed by atoms with Crippen LogP contribution in [0.2, 0.25) is 0 Å². The molecule has 1 N–H and O–H groups in total. The van der Waals surface area contributed by atoms with Crippen molar-refractivity contribution in [1.29, 1.82) is 0 Å². The van der Waals surface area contributed by atoms with E-state index in [0.717, 1.165) is 5.56 Å². The van der Waals surface area contributed by atoms with Gasteiger partial charge in [0.15, 0.2) is 16.7 Å². The van der Waals surface area contributed by atoms with Crippen LogP contribution in [0.5, 0.6) is 11.5 Å². The van der Waals surface area contributed by atoms with E-state index in [1.165, 1.54) is 28.8 Å². The number of thioether (sulfide) groups is 1. The van der Waals surface area contributed by atoms with Crippen molar-refractivity contribution in [1.82, 2.24) is 4.90 Å². The monoisotopic (exact) mass is 516 g/mol. The van der Waals surface area contributed by atoms with Gasteiger partial charge >= 0.3 is 5.97 Å². The Bertz CT molecular complexity index is 1130. The molecule has 0 atom stereocenters. The molecule has 7 nitrogen and oxygen atoms in total. The molecule has 0 aromatic heterocycles. The number of amides is 1. The fraction of sp³-hybridized carbons (Fsp3) is 0.174. The number of aliphatic imine (C=N–C) groups is 1. The van der Waals surface area contributed by atoms with Gasteiger partial charge in [-0.15, -0.1) is 0 Å². The van der Waals surface area contributed by atoms with E-state index >= 15 is 0 Å². The second kappa shape index (κ2) is 10.5. The highest BCUT2D eigenvalue weighted by Crippen LogP contribution is 2.39. The minimum atomic E-state index is -1.03. The third-order valence-corrected chi connectivity index (χ3v) is 5.95. The molecule has 1 amide bonds. The van der Waals surface area contributed by atoms with Crippen LogP contribution in [-0.2, 0) is 4.79 Å². The van der Waals surface area contributed by atoms with E-state index in [0.29, 0.717) is 44.9 Å². The van der Waals surface area contributed by atoms with Gasteiger partial charge in [0, 0.05) is 7.05 Å². The normalized spacial score (nSPS) is 16.0. The number of halogens is 1. The molecule has 1 fully saturated rings. The van der Waals surface area contributed by atoms with Crippen molar-refractivity contribution in [3.8, 4) is 11.5 Å². The number of rotatable bonds is 8. The summed E-state index contributed by atoms with van der Waals surface area (Å²) >= 11 is 4.72. The highest BCUT2D eigenvalue weighted by atomic mass is 79.9. The zero-order chi connectivity index (χ0) is 23.3. The second-order valence-electron chi connectivity index (χ2n) is 6.59. The first-order chi connectivity index (χ1) is 15.3. The molecule has 1 aliphatic rings. The van der Waals surface area contributed by atoms with Gasteiger partial charge < -0.3 is 14.6 Å². The SMILES string of the molecule is C=CCOc1c(Br)cc(/C=C2\SC(=Nc3cccc(C(=O)O)c3)N(C)C2=O)cc1OCC. The van der Waals surface area contributed by atoms with Gasteiger partial charge in [0.1, 0.15) is 6.61 Å². The molecule has 166 valence electrons. The minimum absolute atomic E-state index is 0.131. The van der Waals surface area contributed by atoms with Crippen molar-refractivity contribution >= 4 is 56.5 Å². The molecule has 0 spiro atoms. The Morgan fingerprint density at radius 2 is 2.09 bits per heavy atom. The highest BCUT2D eigenvalue weighted by molar-refractivity contribution is 9.10. The average molecular weight is 517 g/mol. The molecule has 1 aliphatic heterocycles. The van der Waals surface area contributed by atoms with Crippen LogP contribution >= 0.6 is 27.7 Å².